The summed E-state index contributed by atoms with van der Waals surface area (Å²) in [5, 5.41) is 4.84. The number of piperidine rings is 1. The zero-order chi connectivity index (χ0) is 19.7. The van der Waals surface area contributed by atoms with Gasteiger partial charge in [0.2, 0.25) is 5.91 Å². The van der Waals surface area contributed by atoms with E-state index in [-0.39, 0.29) is 11.8 Å². The molecule has 6 heteroatoms. The lowest BCUT2D eigenvalue weighted by Crippen LogP contribution is -2.51. The van der Waals surface area contributed by atoms with E-state index >= 15 is 0 Å². The molecule has 3 fully saturated rings. The van der Waals surface area contributed by atoms with E-state index < -0.39 is 6.04 Å². The molecule has 2 bridgehead atoms. The van der Waals surface area contributed by atoms with Gasteiger partial charge in [0, 0.05) is 30.2 Å². The smallest absolute Gasteiger partial charge is 0.259 e. The number of anilines is 1. The number of allylic oxidation sites excluding steroid dienone is 1. The summed E-state index contributed by atoms with van der Waals surface area (Å²) in [6.07, 6.45) is 2.76. The Bertz CT molecular complexity index is 1080. The van der Waals surface area contributed by atoms with Crippen LogP contribution in [0.5, 0.6) is 0 Å². The van der Waals surface area contributed by atoms with Crippen molar-refractivity contribution in [3.05, 3.63) is 53.7 Å². The van der Waals surface area contributed by atoms with Crippen molar-refractivity contribution in [3.63, 3.8) is 0 Å². The Balaban J connectivity index is 1.37. The molecule has 1 N–H and O–H groups in total. The first-order valence-corrected chi connectivity index (χ1v) is 10.3. The third-order valence-electron chi connectivity index (χ3n) is 6.76. The van der Waals surface area contributed by atoms with Crippen molar-refractivity contribution < 1.29 is 14.3 Å². The van der Waals surface area contributed by atoms with Gasteiger partial charge >= 0.3 is 0 Å². The topological polar surface area (TPSA) is 61.9 Å². The fraction of sp³-hybridized carbons (Fsp3) is 0.391. The number of nitrogens with zero attached hydrogens (tertiary/aromatic N) is 2. The summed E-state index contributed by atoms with van der Waals surface area (Å²) in [6.45, 7) is 6.45. The summed E-state index contributed by atoms with van der Waals surface area (Å²) in [5.41, 5.74) is 3.43. The van der Waals surface area contributed by atoms with Crippen molar-refractivity contribution in [2.45, 2.75) is 44.0 Å². The molecule has 0 saturated carbocycles. The second kappa shape index (κ2) is 6.15. The molecule has 2 amide bonds. The summed E-state index contributed by atoms with van der Waals surface area (Å²) in [6, 6.07) is 10.2. The second-order valence-corrected chi connectivity index (χ2v) is 8.62. The molecule has 148 valence electrons. The number of fused-ring (bicyclic) bond motifs is 2. The SMILES string of the molecule is C=C1CCC(N2C(=O)c3cc(CN4CC5CC4CO5)cc4cccc2c34)C(=O)N1. The molecule has 3 saturated heterocycles. The predicted octanol–water partition coefficient (Wildman–Crippen LogP) is 2.57. The number of rotatable bonds is 3. The molecule has 0 aromatic heterocycles. The lowest BCUT2D eigenvalue weighted by molar-refractivity contribution is -0.122. The Morgan fingerprint density at radius 1 is 1.24 bits per heavy atom. The molecule has 2 aromatic carbocycles. The van der Waals surface area contributed by atoms with Gasteiger partial charge in [-0.15, -0.1) is 0 Å². The zero-order valence-electron chi connectivity index (χ0n) is 16.2. The molecule has 4 aliphatic rings. The van der Waals surface area contributed by atoms with Gasteiger partial charge in [-0.25, -0.2) is 0 Å². The number of likely N-dealkylation sites (tertiary alicyclic amines) is 1. The summed E-state index contributed by atoms with van der Waals surface area (Å²) in [4.78, 5) is 30.2. The van der Waals surface area contributed by atoms with Crippen LogP contribution in [0.25, 0.3) is 10.8 Å². The summed E-state index contributed by atoms with van der Waals surface area (Å²) < 4.78 is 5.71. The Kier molecular flexibility index (Phi) is 3.64. The molecule has 0 aliphatic carbocycles. The number of morpholine rings is 1. The number of ether oxygens (including phenoxy) is 1. The van der Waals surface area contributed by atoms with Crippen LogP contribution in [0, 0.1) is 0 Å². The van der Waals surface area contributed by atoms with Crippen LogP contribution in [0.1, 0.15) is 35.2 Å². The van der Waals surface area contributed by atoms with Gasteiger partial charge in [0.15, 0.2) is 0 Å². The first kappa shape index (κ1) is 17.2. The van der Waals surface area contributed by atoms with Crippen LogP contribution in [0.2, 0.25) is 0 Å². The minimum atomic E-state index is -0.485. The number of nitrogens with one attached hydrogen (secondary N) is 1. The van der Waals surface area contributed by atoms with Crippen LogP contribution in [0.3, 0.4) is 0 Å². The van der Waals surface area contributed by atoms with E-state index in [0.29, 0.717) is 30.6 Å². The zero-order valence-corrected chi connectivity index (χ0v) is 16.2. The monoisotopic (exact) mass is 389 g/mol. The number of amides is 2. The lowest BCUT2D eigenvalue weighted by Gasteiger charge is -2.31. The number of carbonyl (C=O) groups is 2. The van der Waals surface area contributed by atoms with E-state index in [1.807, 2.05) is 18.2 Å². The molecular formula is C23H23N3O3. The average Bonchev–Trinajstić information content (AvgIpc) is 3.38. The second-order valence-electron chi connectivity index (χ2n) is 8.62. The molecule has 0 spiro atoms. The van der Waals surface area contributed by atoms with Gasteiger partial charge in [0.1, 0.15) is 6.04 Å². The summed E-state index contributed by atoms with van der Waals surface area (Å²) >= 11 is 0. The number of hydrogen-bond donors (Lipinski definition) is 1. The van der Waals surface area contributed by atoms with Crippen molar-refractivity contribution in [3.8, 4) is 0 Å². The minimum absolute atomic E-state index is 0.0722. The van der Waals surface area contributed by atoms with Crippen LogP contribution in [0.4, 0.5) is 5.69 Å². The van der Waals surface area contributed by atoms with Gasteiger partial charge in [0.25, 0.3) is 5.91 Å². The first-order valence-electron chi connectivity index (χ1n) is 10.3. The molecular weight excluding hydrogens is 366 g/mol. The predicted molar refractivity (Wildman–Crippen MR) is 110 cm³/mol. The average molecular weight is 389 g/mol. The summed E-state index contributed by atoms with van der Waals surface area (Å²) in [7, 11) is 0. The van der Waals surface area contributed by atoms with E-state index in [9.17, 15) is 9.59 Å². The van der Waals surface area contributed by atoms with E-state index in [1.165, 1.54) is 0 Å². The fourth-order valence-electron chi connectivity index (χ4n) is 5.40. The van der Waals surface area contributed by atoms with Crippen LogP contribution < -0.4 is 10.2 Å². The van der Waals surface area contributed by atoms with Crippen molar-refractivity contribution in [1.82, 2.24) is 10.2 Å². The standard InChI is InChI=1S/C23H23N3O3/c1-13-5-6-20(22(27)24-13)26-19-4-2-3-15-7-14(8-18(21(15)19)23(26)28)10-25-11-17-9-16(25)12-29-17/h2-4,7-8,16-17,20H,1,5-6,9-12H2,(H,24,27). The molecule has 29 heavy (non-hydrogen) atoms. The molecule has 3 unspecified atom stereocenters. The molecule has 2 aromatic rings. The normalized spacial score (nSPS) is 28.6. The number of benzene rings is 2. The Morgan fingerprint density at radius 3 is 2.90 bits per heavy atom. The third kappa shape index (κ3) is 2.56. The largest absolute Gasteiger partial charge is 0.375 e. The highest BCUT2D eigenvalue weighted by Gasteiger charge is 2.41. The molecule has 4 aliphatic heterocycles. The van der Waals surface area contributed by atoms with E-state index in [0.717, 1.165) is 53.8 Å². The molecule has 0 radical (unpaired) electrons. The van der Waals surface area contributed by atoms with Crippen LogP contribution in [-0.2, 0) is 16.1 Å². The van der Waals surface area contributed by atoms with E-state index in [1.54, 1.807) is 4.90 Å². The van der Waals surface area contributed by atoms with Crippen LogP contribution in [-0.4, -0.2) is 48.1 Å². The maximum absolute atomic E-state index is 13.4. The minimum Gasteiger partial charge on any atom is -0.375 e. The molecule has 6 nitrogen and oxygen atoms in total. The van der Waals surface area contributed by atoms with Gasteiger partial charge in [-0.1, -0.05) is 18.7 Å². The first-order chi connectivity index (χ1) is 14.1. The van der Waals surface area contributed by atoms with Crippen molar-refractivity contribution in [1.29, 1.82) is 0 Å². The fourth-order valence-corrected chi connectivity index (χ4v) is 5.40. The third-order valence-corrected chi connectivity index (χ3v) is 6.76. The van der Waals surface area contributed by atoms with E-state index in [4.69, 9.17) is 4.74 Å². The van der Waals surface area contributed by atoms with Gasteiger partial charge in [-0.2, -0.15) is 0 Å². The maximum Gasteiger partial charge on any atom is 0.259 e. The van der Waals surface area contributed by atoms with Gasteiger partial charge in [0.05, 0.1) is 24.0 Å². The van der Waals surface area contributed by atoms with Crippen molar-refractivity contribution in [2.24, 2.45) is 0 Å². The van der Waals surface area contributed by atoms with Gasteiger partial charge < -0.3 is 10.1 Å². The highest BCUT2D eigenvalue weighted by atomic mass is 16.5. The van der Waals surface area contributed by atoms with Gasteiger partial charge in [-0.05, 0) is 48.4 Å². The highest BCUT2D eigenvalue weighted by molar-refractivity contribution is 6.26. The Hall–Kier alpha value is -2.70. The van der Waals surface area contributed by atoms with E-state index in [2.05, 4.69) is 28.9 Å². The summed E-state index contributed by atoms with van der Waals surface area (Å²) in [5.74, 6) is -0.218. The quantitative estimate of drug-likeness (QED) is 0.877. The number of hydrogen-bond acceptors (Lipinski definition) is 4. The maximum atomic E-state index is 13.4. The number of carbonyl (C=O) groups excluding carboxylic acids is 2. The van der Waals surface area contributed by atoms with Gasteiger partial charge in [-0.3, -0.25) is 19.4 Å². The van der Waals surface area contributed by atoms with Crippen molar-refractivity contribution >= 4 is 28.3 Å². The molecule has 6 rings (SSSR count). The lowest BCUT2D eigenvalue weighted by atomic mass is 10.0. The van der Waals surface area contributed by atoms with Crippen LogP contribution in [0.15, 0.2) is 42.6 Å². The molecule has 3 atom stereocenters. The van der Waals surface area contributed by atoms with Crippen LogP contribution >= 0.6 is 0 Å². The highest BCUT2D eigenvalue weighted by Crippen LogP contribution is 2.41. The Labute approximate surface area is 169 Å². The Morgan fingerprint density at radius 2 is 2.14 bits per heavy atom. The molecule has 4 heterocycles. The van der Waals surface area contributed by atoms with Crippen molar-refractivity contribution in [2.75, 3.05) is 18.1 Å².